The second kappa shape index (κ2) is 8.04. The number of hydrogen-bond acceptors (Lipinski definition) is 3. The van der Waals surface area contributed by atoms with Gasteiger partial charge in [0.2, 0.25) is 11.8 Å². The smallest absolute Gasteiger partial charge is 0.305 e. The van der Waals surface area contributed by atoms with Crippen LogP contribution in [-0.4, -0.2) is 36.0 Å². The molecule has 0 aromatic heterocycles. The van der Waals surface area contributed by atoms with E-state index in [1.165, 1.54) is 11.8 Å². The molecule has 21 heavy (non-hydrogen) atoms. The van der Waals surface area contributed by atoms with Crippen LogP contribution in [-0.2, 0) is 14.4 Å². The molecule has 0 aliphatic heterocycles. The highest BCUT2D eigenvalue weighted by molar-refractivity contribution is 5.94. The summed E-state index contributed by atoms with van der Waals surface area (Å²) in [5.74, 6) is -1.36. The van der Waals surface area contributed by atoms with Gasteiger partial charge >= 0.3 is 5.97 Å². The van der Waals surface area contributed by atoms with Gasteiger partial charge in [0.15, 0.2) is 0 Å². The van der Waals surface area contributed by atoms with Gasteiger partial charge in [-0.05, 0) is 18.6 Å². The molecule has 114 valence electrons. The van der Waals surface area contributed by atoms with E-state index in [9.17, 15) is 14.4 Å². The highest BCUT2D eigenvalue weighted by Crippen LogP contribution is 2.20. The molecule has 0 bridgehead atoms. The highest BCUT2D eigenvalue weighted by atomic mass is 16.4. The number of para-hydroxylation sites is 1. The summed E-state index contributed by atoms with van der Waals surface area (Å²) in [6.07, 6.45) is 0.00768. The summed E-state index contributed by atoms with van der Waals surface area (Å²) in [6, 6.07) is 7.31. The van der Waals surface area contributed by atoms with Crippen LogP contribution in [0.15, 0.2) is 24.3 Å². The number of carbonyl (C=O) groups is 3. The summed E-state index contributed by atoms with van der Waals surface area (Å²) in [4.78, 5) is 35.3. The van der Waals surface area contributed by atoms with Gasteiger partial charge in [0.1, 0.15) is 0 Å². The molecule has 0 aliphatic carbocycles. The molecule has 0 radical (unpaired) electrons. The molecule has 0 spiro atoms. The lowest BCUT2D eigenvalue weighted by atomic mass is 10.1. The topological polar surface area (TPSA) is 86.7 Å². The Bertz CT molecular complexity index is 528. The molecule has 1 rings (SSSR count). The van der Waals surface area contributed by atoms with Crippen molar-refractivity contribution in [1.29, 1.82) is 0 Å². The molecule has 6 heteroatoms. The number of carbonyl (C=O) groups excluding carboxylic acids is 2. The molecule has 6 nitrogen and oxygen atoms in total. The van der Waals surface area contributed by atoms with Crippen molar-refractivity contribution >= 4 is 23.5 Å². The van der Waals surface area contributed by atoms with Crippen LogP contribution in [0.4, 0.5) is 5.69 Å². The van der Waals surface area contributed by atoms with Crippen LogP contribution in [0.1, 0.15) is 25.3 Å². The van der Waals surface area contributed by atoms with Gasteiger partial charge < -0.3 is 15.3 Å². The number of benzene rings is 1. The van der Waals surface area contributed by atoms with Gasteiger partial charge in [-0.1, -0.05) is 18.2 Å². The second-order valence-electron chi connectivity index (χ2n) is 4.71. The van der Waals surface area contributed by atoms with E-state index < -0.39 is 5.97 Å². The SMILES string of the molecule is CC(=O)NCCC(=O)N(CCC(=O)O)c1ccccc1C. The number of amides is 2. The molecule has 0 saturated carbocycles. The van der Waals surface area contributed by atoms with Gasteiger partial charge in [0.25, 0.3) is 0 Å². The van der Waals surface area contributed by atoms with Crippen LogP contribution >= 0.6 is 0 Å². The Balaban J connectivity index is 2.81. The van der Waals surface area contributed by atoms with Crippen LogP contribution in [0, 0.1) is 6.92 Å². The number of aliphatic carboxylic acids is 1. The van der Waals surface area contributed by atoms with Crippen molar-refractivity contribution in [2.24, 2.45) is 0 Å². The van der Waals surface area contributed by atoms with E-state index in [0.717, 1.165) is 5.56 Å². The van der Waals surface area contributed by atoms with Gasteiger partial charge in [-0.15, -0.1) is 0 Å². The van der Waals surface area contributed by atoms with E-state index in [-0.39, 0.29) is 37.7 Å². The Kier molecular flexibility index (Phi) is 6.39. The van der Waals surface area contributed by atoms with Gasteiger partial charge in [0, 0.05) is 32.1 Å². The minimum absolute atomic E-state index is 0.110. The zero-order valence-electron chi connectivity index (χ0n) is 12.3. The first kappa shape index (κ1) is 16.7. The quantitative estimate of drug-likeness (QED) is 0.793. The molecule has 2 amide bonds. The average Bonchev–Trinajstić information content (AvgIpc) is 2.40. The number of carboxylic acids is 1. The Labute approximate surface area is 123 Å². The van der Waals surface area contributed by atoms with E-state index in [2.05, 4.69) is 5.32 Å². The molecule has 0 fully saturated rings. The Morgan fingerprint density at radius 2 is 1.86 bits per heavy atom. The van der Waals surface area contributed by atoms with E-state index in [1.807, 2.05) is 19.1 Å². The fourth-order valence-electron chi connectivity index (χ4n) is 1.93. The lowest BCUT2D eigenvalue weighted by Crippen LogP contribution is -2.36. The number of anilines is 1. The van der Waals surface area contributed by atoms with Crippen molar-refractivity contribution < 1.29 is 19.5 Å². The maximum absolute atomic E-state index is 12.3. The first-order chi connectivity index (χ1) is 9.91. The Hall–Kier alpha value is -2.37. The third-order valence-electron chi connectivity index (χ3n) is 2.97. The van der Waals surface area contributed by atoms with Crippen molar-refractivity contribution in [2.75, 3.05) is 18.0 Å². The lowest BCUT2D eigenvalue weighted by Gasteiger charge is -2.24. The largest absolute Gasteiger partial charge is 0.481 e. The van der Waals surface area contributed by atoms with Crippen molar-refractivity contribution in [2.45, 2.75) is 26.7 Å². The van der Waals surface area contributed by atoms with E-state index >= 15 is 0 Å². The first-order valence-electron chi connectivity index (χ1n) is 6.74. The standard InChI is InChI=1S/C15H20N2O4/c1-11-5-3-4-6-13(11)17(10-8-15(20)21)14(19)7-9-16-12(2)18/h3-6H,7-10H2,1-2H3,(H,16,18)(H,20,21). The van der Waals surface area contributed by atoms with E-state index in [1.54, 1.807) is 12.1 Å². The maximum Gasteiger partial charge on any atom is 0.305 e. The molecule has 0 heterocycles. The van der Waals surface area contributed by atoms with Crippen LogP contribution in [0.25, 0.3) is 0 Å². The fraction of sp³-hybridized carbons (Fsp3) is 0.400. The zero-order chi connectivity index (χ0) is 15.8. The van der Waals surface area contributed by atoms with Crippen LogP contribution < -0.4 is 10.2 Å². The van der Waals surface area contributed by atoms with Crippen LogP contribution in [0.2, 0.25) is 0 Å². The number of hydrogen-bond donors (Lipinski definition) is 2. The van der Waals surface area contributed by atoms with Crippen molar-refractivity contribution in [1.82, 2.24) is 5.32 Å². The highest BCUT2D eigenvalue weighted by Gasteiger charge is 2.18. The monoisotopic (exact) mass is 292 g/mol. The molecular weight excluding hydrogens is 272 g/mol. The predicted octanol–water partition coefficient (Wildman–Crippen LogP) is 1.33. The normalized spacial score (nSPS) is 10.0. The summed E-state index contributed by atoms with van der Waals surface area (Å²) in [5.41, 5.74) is 1.60. The van der Waals surface area contributed by atoms with Crippen LogP contribution in [0.3, 0.4) is 0 Å². The number of aryl methyl sites for hydroxylation is 1. The summed E-state index contributed by atoms with van der Waals surface area (Å²) in [7, 11) is 0. The summed E-state index contributed by atoms with van der Waals surface area (Å²) in [6.45, 7) is 3.60. The first-order valence-corrected chi connectivity index (χ1v) is 6.74. The summed E-state index contributed by atoms with van der Waals surface area (Å²) in [5, 5.41) is 11.4. The van der Waals surface area contributed by atoms with Gasteiger partial charge in [0.05, 0.1) is 6.42 Å². The minimum Gasteiger partial charge on any atom is -0.481 e. The molecule has 0 saturated heterocycles. The molecule has 2 N–H and O–H groups in total. The number of nitrogens with zero attached hydrogens (tertiary/aromatic N) is 1. The lowest BCUT2D eigenvalue weighted by molar-refractivity contribution is -0.136. The fourth-order valence-corrected chi connectivity index (χ4v) is 1.93. The Morgan fingerprint density at radius 1 is 1.19 bits per heavy atom. The van der Waals surface area contributed by atoms with Crippen molar-refractivity contribution in [3.63, 3.8) is 0 Å². The number of carboxylic acid groups (broad SMARTS) is 1. The molecule has 0 unspecified atom stereocenters. The minimum atomic E-state index is -0.955. The molecule has 0 aliphatic rings. The third kappa shape index (κ3) is 5.64. The van der Waals surface area contributed by atoms with Crippen molar-refractivity contribution in [3.8, 4) is 0 Å². The molecule has 0 atom stereocenters. The van der Waals surface area contributed by atoms with Gasteiger partial charge in [-0.25, -0.2) is 0 Å². The van der Waals surface area contributed by atoms with Crippen molar-refractivity contribution in [3.05, 3.63) is 29.8 Å². The second-order valence-corrected chi connectivity index (χ2v) is 4.71. The van der Waals surface area contributed by atoms with Gasteiger partial charge in [-0.3, -0.25) is 14.4 Å². The van der Waals surface area contributed by atoms with Gasteiger partial charge in [-0.2, -0.15) is 0 Å². The molecular formula is C15H20N2O4. The van der Waals surface area contributed by atoms with E-state index in [0.29, 0.717) is 5.69 Å². The number of rotatable bonds is 7. The zero-order valence-corrected chi connectivity index (χ0v) is 12.3. The molecule has 1 aromatic rings. The predicted molar refractivity (Wildman–Crippen MR) is 79.1 cm³/mol. The Morgan fingerprint density at radius 3 is 2.43 bits per heavy atom. The maximum atomic E-state index is 12.3. The van der Waals surface area contributed by atoms with Crippen LogP contribution in [0.5, 0.6) is 0 Å². The summed E-state index contributed by atoms with van der Waals surface area (Å²) >= 11 is 0. The number of nitrogens with one attached hydrogen (secondary N) is 1. The summed E-state index contributed by atoms with van der Waals surface area (Å²) < 4.78 is 0. The third-order valence-corrected chi connectivity index (χ3v) is 2.97. The van der Waals surface area contributed by atoms with E-state index in [4.69, 9.17) is 5.11 Å². The average molecular weight is 292 g/mol. The molecule has 1 aromatic carbocycles.